The van der Waals surface area contributed by atoms with Gasteiger partial charge in [-0.15, -0.1) is 0 Å². The standard InChI is InChI=1S/C25H31NO2/c1-18(2)12-13-28-25-7-5-6-23(16-25)26-17-19(3)20-8-9-22-15-24(27-4)11-10-21(22)14-20/h5-11,14-16,18-19,26H,12-13,17H2,1-4H3. The molecular weight excluding hydrogens is 346 g/mol. The van der Waals surface area contributed by atoms with Crippen LogP contribution in [-0.4, -0.2) is 20.3 Å². The SMILES string of the molecule is COc1ccc2cc(C(C)CNc3cccc(OCCC(C)C)c3)ccc2c1. The molecule has 0 bridgehead atoms. The lowest BCUT2D eigenvalue weighted by Gasteiger charge is -2.16. The fourth-order valence-corrected chi connectivity index (χ4v) is 3.17. The van der Waals surface area contributed by atoms with Crippen LogP contribution in [0.5, 0.6) is 11.5 Å². The molecule has 0 aliphatic heterocycles. The van der Waals surface area contributed by atoms with Crippen molar-refractivity contribution < 1.29 is 9.47 Å². The monoisotopic (exact) mass is 377 g/mol. The Kier molecular flexibility index (Phi) is 6.80. The summed E-state index contributed by atoms with van der Waals surface area (Å²) in [5.41, 5.74) is 2.42. The first-order valence-corrected chi connectivity index (χ1v) is 10.1. The van der Waals surface area contributed by atoms with Crippen molar-refractivity contribution in [3.05, 3.63) is 66.2 Å². The van der Waals surface area contributed by atoms with Gasteiger partial charge in [-0.25, -0.2) is 0 Å². The van der Waals surface area contributed by atoms with E-state index in [2.05, 4.69) is 68.6 Å². The van der Waals surface area contributed by atoms with Crippen molar-refractivity contribution in [2.24, 2.45) is 5.92 Å². The van der Waals surface area contributed by atoms with Gasteiger partial charge in [-0.05, 0) is 58.9 Å². The third kappa shape index (κ3) is 5.41. The van der Waals surface area contributed by atoms with E-state index in [9.17, 15) is 0 Å². The number of hydrogen-bond acceptors (Lipinski definition) is 3. The molecule has 0 aliphatic carbocycles. The molecule has 1 atom stereocenters. The number of hydrogen-bond donors (Lipinski definition) is 1. The summed E-state index contributed by atoms with van der Waals surface area (Å²) in [6.45, 7) is 8.31. The molecule has 0 heterocycles. The number of benzene rings is 3. The summed E-state index contributed by atoms with van der Waals surface area (Å²) in [5, 5.41) is 5.99. The van der Waals surface area contributed by atoms with E-state index in [1.807, 2.05) is 18.2 Å². The van der Waals surface area contributed by atoms with Crippen LogP contribution in [0, 0.1) is 5.92 Å². The highest BCUT2D eigenvalue weighted by atomic mass is 16.5. The molecule has 0 saturated carbocycles. The van der Waals surface area contributed by atoms with Crippen LogP contribution in [0.25, 0.3) is 10.8 Å². The van der Waals surface area contributed by atoms with Crippen molar-refractivity contribution in [1.82, 2.24) is 0 Å². The molecule has 1 N–H and O–H groups in total. The molecule has 1 unspecified atom stereocenters. The molecule has 0 aliphatic rings. The summed E-state index contributed by atoms with van der Waals surface area (Å²) in [5.74, 6) is 2.88. The van der Waals surface area contributed by atoms with E-state index in [0.717, 1.165) is 36.8 Å². The lowest BCUT2D eigenvalue weighted by Crippen LogP contribution is -2.10. The number of ether oxygens (including phenoxy) is 2. The first-order chi connectivity index (χ1) is 13.5. The molecule has 3 heteroatoms. The van der Waals surface area contributed by atoms with Gasteiger partial charge in [0.1, 0.15) is 11.5 Å². The second-order valence-corrected chi connectivity index (χ2v) is 7.81. The number of fused-ring (bicyclic) bond motifs is 1. The fourth-order valence-electron chi connectivity index (χ4n) is 3.17. The Labute approximate surface area is 168 Å². The van der Waals surface area contributed by atoms with Crippen LogP contribution in [0.4, 0.5) is 5.69 Å². The zero-order chi connectivity index (χ0) is 19.9. The van der Waals surface area contributed by atoms with Crippen molar-refractivity contribution in [3.8, 4) is 11.5 Å². The minimum atomic E-state index is 0.400. The van der Waals surface area contributed by atoms with Crippen molar-refractivity contribution in [2.45, 2.75) is 33.1 Å². The van der Waals surface area contributed by atoms with Gasteiger partial charge in [-0.3, -0.25) is 0 Å². The Bertz CT molecular complexity index is 904. The average molecular weight is 378 g/mol. The van der Waals surface area contributed by atoms with Gasteiger partial charge in [-0.2, -0.15) is 0 Å². The Morgan fingerprint density at radius 2 is 1.64 bits per heavy atom. The molecule has 0 aromatic heterocycles. The lowest BCUT2D eigenvalue weighted by atomic mass is 9.97. The molecular formula is C25H31NO2. The molecule has 3 aromatic rings. The first kappa shape index (κ1) is 20.1. The third-order valence-corrected chi connectivity index (χ3v) is 5.05. The van der Waals surface area contributed by atoms with E-state index in [4.69, 9.17) is 9.47 Å². The normalized spacial score (nSPS) is 12.2. The highest BCUT2D eigenvalue weighted by Crippen LogP contribution is 2.26. The van der Waals surface area contributed by atoms with Crippen LogP contribution >= 0.6 is 0 Å². The molecule has 3 aromatic carbocycles. The molecule has 28 heavy (non-hydrogen) atoms. The molecule has 3 nitrogen and oxygen atoms in total. The molecule has 0 saturated heterocycles. The molecule has 0 amide bonds. The Morgan fingerprint density at radius 3 is 2.43 bits per heavy atom. The Balaban J connectivity index is 1.60. The average Bonchev–Trinajstić information content (AvgIpc) is 2.71. The van der Waals surface area contributed by atoms with Crippen LogP contribution < -0.4 is 14.8 Å². The van der Waals surface area contributed by atoms with E-state index >= 15 is 0 Å². The van der Waals surface area contributed by atoms with Crippen molar-refractivity contribution >= 4 is 16.5 Å². The maximum Gasteiger partial charge on any atom is 0.121 e. The maximum atomic E-state index is 5.87. The van der Waals surface area contributed by atoms with E-state index in [-0.39, 0.29) is 0 Å². The summed E-state index contributed by atoms with van der Waals surface area (Å²) in [4.78, 5) is 0. The summed E-state index contributed by atoms with van der Waals surface area (Å²) in [6.07, 6.45) is 1.07. The van der Waals surface area contributed by atoms with Crippen molar-refractivity contribution in [2.75, 3.05) is 25.6 Å². The largest absolute Gasteiger partial charge is 0.497 e. The van der Waals surface area contributed by atoms with Crippen LogP contribution in [-0.2, 0) is 0 Å². The predicted octanol–water partition coefficient (Wildman–Crippen LogP) is 6.49. The summed E-state index contributed by atoms with van der Waals surface area (Å²) in [6, 6.07) is 21.1. The second kappa shape index (κ2) is 9.50. The highest BCUT2D eigenvalue weighted by molar-refractivity contribution is 5.84. The van der Waals surface area contributed by atoms with Crippen LogP contribution in [0.1, 0.15) is 38.7 Å². The van der Waals surface area contributed by atoms with Gasteiger partial charge >= 0.3 is 0 Å². The molecule has 0 spiro atoms. The number of nitrogens with one attached hydrogen (secondary N) is 1. The Hall–Kier alpha value is -2.68. The van der Waals surface area contributed by atoms with E-state index in [0.29, 0.717) is 11.8 Å². The smallest absolute Gasteiger partial charge is 0.121 e. The van der Waals surface area contributed by atoms with Crippen molar-refractivity contribution in [1.29, 1.82) is 0 Å². The van der Waals surface area contributed by atoms with Gasteiger partial charge in [0.15, 0.2) is 0 Å². The van der Waals surface area contributed by atoms with E-state index in [1.54, 1.807) is 7.11 Å². The fraction of sp³-hybridized carbons (Fsp3) is 0.360. The zero-order valence-corrected chi connectivity index (χ0v) is 17.4. The van der Waals surface area contributed by atoms with Crippen molar-refractivity contribution in [3.63, 3.8) is 0 Å². The molecule has 148 valence electrons. The van der Waals surface area contributed by atoms with Gasteiger partial charge in [0, 0.05) is 18.3 Å². The molecule has 0 radical (unpaired) electrons. The number of methoxy groups -OCH3 is 1. The van der Waals surface area contributed by atoms with Gasteiger partial charge in [-0.1, -0.05) is 51.1 Å². The zero-order valence-electron chi connectivity index (χ0n) is 17.4. The number of rotatable bonds is 9. The van der Waals surface area contributed by atoms with Gasteiger partial charge in [0.2, 0.25) is 0 Å². The maximum absolute atomic E-state index is 5.87. The molecule has 0 fully saturated rings. The predicted molar refractivity (Wildman–Crippen MR) is 119 cm³/mol. The minimum absolute atomic E-state index is 0.400. The van der Waals surface area contributed by atoms with Crippen LogP contribution in [0.2, 0.25) is 0 Å². The van der Waals surface area contributed by atoms with E-state index in [1.165, 1.54) is 16.3 Å². The topological polar surface area (TPSA) is 30.5 Å². The van der Waals surface area contributed by atoms with Crippen LogP contribution in [0.15, 0.2) is 60.7 Å². The van der Waals surface area contributed by atoms with Crippen LogP contribution in [0.3, 0.4) is 0 Å². The summed E-state index contributed by atoms with van der Waals surface area (Å²) >= 11 is 0. The first-order valence-electron chi connectivity index (χ1n) is 10.1. The summed E-state index contributed by atoms with van der Waals surface area (Å²) < 4.78 is 11.2. The lowest BCUT2D eigenvalue weighted by molar-refractivity contribution is 0.289. The number of anilines is 1. The quantitative estimate of drug-likeness (QED) is 0.462. The highest BCUT2D eigenvalue weighted by Gasteiger charge is 2.08. The van der Waals surface area contributed by atoms with Gasteiger partial charge < -0.3 is 14.8 Å². The summed E-state index contributed by atoms with van der Waals surface area (Å²) in [7, 11) is 1.70. The van der Waals surface area contributed by atoms with Gasteiger partial charge in [0.25, 0.3) is 0 Å². The van der Waals surface area contributed by atoms with Gasteiger partial charge in [0.05, 0.1) is 13.7 Å². The minimum Gasteiger partial charge on any atom is -0.497 e. The molecule has 3 rings (SSSR count). The van der Waals surface area contributed by atoms with E-state index < -0.39 is 0 Å². The second-order valence-electron chi connectivity index (χ2n) is 7.81. The third-order valence-electron chi connectivity index (χ3n) is 5.05. The Morgan fingerprint density at radius 1 is 0.857 bits per heavy atom.